The van der Waals surface area contributed by atoms with Gasteiger partial charge in [0.2, 0.25) is 0 Å². The molecule has 1 saturated heterocycles. The number of unbranched alkanes of at least 4 members (excludes halogenated alkanes) is 8. The zero-order valence-electron chi connectivity index (χ0n) is 25.1. The molecule has 0 spiro atoms. The van der Waals surface area contributed by atoms with Crippen molar-refractivity contribution in [2.75, 3.05) is 6.61 Å². The molecular formula is C35H47F5O3. The standard InChI is InChI=1S/C35H47F5O3/c36-34(37,35(38,39)40)22-10-6-8-12-26(33-24-43-33)11-7-4-2-1-3-5-9-13-32-30(25-14-17-28(41)18-15-25)20-16-27-23-29(42)19-21-31(27)32/h14-15,17-19,21,23,26,30,32-33,41-42H,1-13,16,20,22,24H2. The number of ether oxygens (including phenoxy) is 1. The van der Waals surface area contributed by atoms with Crippen molar-refractivity contribution in [1.82, 2.24) is 0 Å². The van der Waals surface area contributed by atoms with Gasteiger partial charge in [0.05, 0.1) is 12.7 Å². The van der Waals surface area contributed by atoms with Crippen LogP contribution < -0.4 is 0 Å². The van der Waals surface area contributed by atoms with Gasteiger partial charge < -0.3 is 14.9 Å². The minimum atomic E-state index is -5.46. The number of epoxide rings is 1. The summed E-state index contributed by atoms with van der Waals surface area (Å²) < 4.78 is 68.6. The van der Waals surface area contributed by atoms with E-state index in [0.717, 1.165) is 58.0 Å². The van der Waals surface area contributed by atoms with Crippen LogP contribution in [0, 0.1) is 5.92 Å². The quantitative estimate of drug-likeness (QED) is 0.100. The largest absolute Gasteiger partial charge is 0.508 e. The normalized spacial score (nSPS) is 21.0. The third-order valence-electron chi connectivity index (χ3n) is 9.51. The summed E-state index contributed by atoms with van der Waals surface area (Å²) in [5, 5.41) is 19.8. The van der Waals surface area contributed by atoms with Gasteiger partial charge in [-0.15, -0.1) is 0 Å². The summed E-state index contributed by atoms with van der Waals surface area (Å²) in [5.41, 5.74) is 3.85. The molecule has 2 aromatic carbocycles. The second-order valence-electron chi connectivity index (χ2n) is 12.7. The molecule has 4 unspecified atom stereocenters. The van der Waals surface area contributed by atoms with Crippen LogP contribution in [0.3, 0.4) is 0 Å². The highest BCUT2D eigenvalue weighted by Crippen LogP contribution is 2.46. The van der Waals surface area contributed by atoms with Crippen molar-refractivity contribution in [3.63, 3.8) is 0 Å². The number of benzene rings is 2. The Morgan fingerprint density at radius 2 is 1.33 bits per heavy atom. The van der Waals surface area contributed by atoms with Gasteiger partial charge in [0.1, 0.15) is 11.5 Å². The van der Waals surface area contributed by atoms with Crippen LogP contribution in [0.2, 0.25) is 0 Å². The molecule has 2 aromatic rings. The Hall–Kier alpha value is -2.35. The van der Waals surface area contributed by atoms with E-state index in [2.05, 4.69) is 6.07 Å². The van der Waals surface area contributed by atoms with E-state index in [1.807, 2.05) is 18.2 Å². The fraction of sp³-hybridized carbons (Fsp3) is 0.657. The lowest BCUT2D eigenvalue weighted by atomic mass is 9.70. The van der Waals surface area contributed by atoms with E-state index in [1.165, 1.54) is 42.4 Å². The van der Waals surface area contributed by atoms with Gasteiger partial charge in [-0.05, 0) is 97.2 Å². The second-order valence-corrected chi connectivity index (χ2v) is 12.7. The molecule has 43 heavy (non-hydrogen) atoms. The topological polar surface area (TPSA) is 53.0 Å². The molecule has 0 radical (unpaired) electrons. The van der Waals surface area contributed by atoms with Crippen LogP contribution in [-0.4, -0.2) is 35.0 Å². The SMILES string of the molecule is Oc1ccc(C2CCc3cc(O)ccc3C2CCCCCCCCCC(CCCCCC(F)(F)C(F)(F)F)C2CO2)cc1. The molecule has 1 heterocycles. The zero-order chi connectivity index (χ0) is 30.9. The van der Waals surface area contributed by atoms with Crippen LogP contribution >= 0.6 is 0 Å². The number of phenols is 2. The Balaban J connectivity index is 1.11. The summed E-state index contributed by atoms with van der Waals surface area (Å²) in [6, 6.07) is 13.4. The van der Waals surface area contributed by atoms with Crippen molar-refractivity contribution in [3.8, 4) is 11.5 Å². The maximum Gasteiger partial charge on any atom is 0.453 e. The summed E-state index contributed by atoms with van der Waals surface area (Å²) in [6.45, 7) is 0.733. The van der Waals surface area contributed by atoms with Crippen LogP contribution in [0.25, 0.3) is 0 Å². The highest BCUT2D eigenvalue weighted by Gasteiger charge is 2.56. The maximum atomic E-state index is 13.1. The molecule has 0 amide bonds. The number of phenolic OH excluding ortho intramolecular Hbond substituents is 2. The zero-order valence-corrected chi connectivity index (χ0v) is 25.1. The molecule has 0 bridgehead atoms. The fourth-order valence-corrected chi connectivity index (χ4v) is 6.95. The number of fused-ring (bicyclic) bond motifs is 1. The van der Waals surface area contributed by atoms with Gasteiger partial charge in [-0.1, -0.05) is 76.0 Å². The number of rotatable bonds is 18. The Kier molecular flexibility index (Phi) is 12.2. The Morgan fingerprint density at radius 3 is 1.95 bits per heavy atom. The highest BCUT2D eigenvalue weighted by atomic mass is 19.4. The van der Waals surface area contributed by atoms with E-state index in [4.69, 9.17) is 4.74 Å². The number of alkyl halides is 5. The van der Waals surface area contributed by atoms with Gasteiger partial charge in [0.15, 0.2) is 0 Å². The van der Waals surface area contributed by atoms with Crippen LogP contribution in [0.1, 0.15) is 125 Å². The molecule has 0 aromatic heterocycles. The van der Waals surface area contributed by atoms with Crippen LogP contribution in [0.4, 0.5) is 22.0 Å². The number of halogens is 5. The highest BCUT2D eigenvalue weighted by molar-refractivity contribution is 5.42. The number of aromatic hydroxyl groups is 2. The first-order valence-corrected chi connectivity index (χ1v) is 16.2. The molecule has 1 aliphatic heterocycles. The van der Waals surface area contributed by atoms with Crippen LogP contribution in [-0.2, 0) is 11.2 Å². The Labute approximate surface area is 252 Å². The minimum Gasteiger partial charge on any atom is -0.508 e. The van der Waals surface area contributed by atoms with Crippen molar-refractivity contribution in [3.05, 3.63) is 59.2 Å². The predicted octanol–water partition coefficient (Wildman–Crippen LogP) is 10.6. The molecule has 240 valence electrons. The summed E-state index contributed by atoms with van der Waals surface area (Å²) in [5.74, 6) is -2.80. The van der Waals surface area contributed by atoms with Crippen molar-refractivity contribution < 1.29 is 36.9 Å². The van der Waals surface area contributed by atoms with Gasteiger partial charge in [0, 0.05) is 6.42 Å². The van der Waals surface area contributed by atoms with Gasteiger partial charge in [-0.3, -0.25) is 0 Å². The van der Waals surface area contributed by atoms with Crippen molar-refractivity contribution >= 4 is 0 Å². The van der Waals surface area contributed by atoms with Gasteiger partial charge in [0.25, 0.3) is 0 Å². The molecule has 2 N–H and O–H groups in total. The van der Waals surface area contributed by atoms with E-state index in [9.17, 15) is 32.2 Å². The van der Waals surface area contributed by atoms with Crippen molar-refractivity contribution in [2.24, 2.45) is 5.92 Å². The first-order chi connectivity index (χ1) is 20.5. The van der Waals surface area contributed by atoms with Gasteiger partial charge >= 0.3 is 12.1 Å². The molecule has 0 saturated carbocycles. The summed E-state index contributed by atoms with van der Waals surface area (Å²) >= 11 is 0. The van der Waals surface area contributed by atoms with Crippen molar-refractivity contribution in [2.45, 2.75) is 133 Å². The first kappa shape index (κ1) is 33.5. The van der Waals surface area contributed by atoms with Gasteiger partial charge in [-0.2, -0.15) is 22.0 Å². The molecular weight excluding hydrogens is 563 g/mol. The predicted molar refractivity (Wildman–Crippen MR) is 159 cm³/mol. The average Bonchev–Trinajstić information content (AvgIpc) is 3.80. The lowest BCUT2D eigenvalue weighted by Gasteiger charge is -2.34. The van der Waals surface area contributed by atoms with E-state index in [-0.39, 0.29) is 18.3 Å². The molecule has 1 fully saturated rings. The van der Waals surface area contributed by atoms with E-state index in [0.29, 0.717) is 36.3 Å². The van der Waals surface area contributed by atoms with E-state index >= 15 is 0 Å². The summed E-state index contributed by atoms with van der Waals surface area (Å²) in [7, 11) is 0. The monoisotopic (exact) mass is 610 g/mol. The lowest BCUT2D eigenvalue weighted by Crippen LogP contribution is -2.36. The molecule has 1 aliphatic carbocycles. The molecule has 2 aliphatic rings. The summed E-state index contributed by atoms with van der Waals surface area (Å²) in [4.78, 5) is 0. The second kappa shape index (κ2) is 15.6. The van der Waals surface area contributed by atoms with Crippen molar-refractivity contribution in [1.29, 1.82) is 0 Å². The Morgan fingerprint density at radius 1 is 0.744 bits per heavy atom. The number of hydrogen-bond donors (Lipinski definition) is 2. The fourth-order valence-electron chi connectivity index (χ4n) is 6.95. The average molecular weight is 611 g/mol. The lowest BCUT2D eigenvalue weighted by molar-refractivity contribution is -0.284. The Bertz CT molecular complexity index is 1110. The van der Waals surface area contributed by atoms with E-state index < -0.39 is 18.5 Å². The number of hydrogen-bond acceptors (Lipinski definition) is 3. The van der Waals surface area contributed by atoms with E-state index in [1.54, 1.807) is 18.2 Å². The molecule has 8 heteroatoms. The summed E-state index contributed by atoms with van der Waals surface area (Å²) in [6.07, 6.45) is 7.64. The molecule has 3 nitrogen and oxygen atoms in total. The number of aryl methyl sites for hydroxylation is 1. The molecule has 4 rings (SSSR count). The van der Waals surface area contributed by atoms with Crippen LogP contribution in [0.15, 0.2) is 42.5 Å². The minimum absolute atomic E-state index is 0.112. The molecule has 4 atom stereocenters. The maximum absolute atomic E-state index is 13.1. The van der Waals surface area contributed by atoms with Gasteiger partial charge in [-0.25, -0.2) is 0 Å². The third kappa shape index (κ3) is 10.1. The first-order valence-electron chi connectivity index (χ1n) is 16.2. The van der Waals surface area contributed by atoms with Crippen LogP contribution in [0.5, 0.6) is 11.5 Å². The smallest absolute Gasteiger partial charge is 0.453 e. The third-order valence-corrected chi connectivity index (χ3v) is 9.51.